The lowest BCUT2D eigenvalue weighted by Crippen LogP contribution is -2.66. The molecule has 1 fully saturated rings. The van der Waals surface area contributed by atoms with Gasteiger partial charge in [0.25, 0.3) is 8.32 Å². The lowest BCUT2D eigenvalue weighted by Gasteiger charge is -2.43. The molecule has 0 amide bonds. The summed E-state index contributed by atoms with van der Waals surface area (Å²) < 4.78 is 25.4. The van der Waals surface area contributed by atoms with Crippen molar-refractivity contribution in [2.75, 3.05) is 27.1 Å². The van der Waals surface area contributed by atoms with Gasteiger partial charge in [0, 0.05) is 19.6 Å². The molecule has 0 spiro atoms. The van der Waals surface area contributed by atoms with Gasteiger partial charge in [-0.05, 0) is 91.3 Å². The van der Waals surface area contributed by atoms with Gasteiger partial charge in [0.2, 0.25) is 0 Å². The first-order valence-corrected chi connectivity index (χ1v) is 23.0. The molecule has 0 bridgehead atoms. The summed E-state index contributed by atoms with van der Waals surface area (Å²) in [6.45, 7) is 31.8. The average Bonchev–Trinajstić information content (AvgIpc) is 3.35. The molecule has 0 radical (unpaired) electrons. The minimum Gasteiger partial charge on any atom is -0.413 e. The molecule has 1 aliphatic carbocycles. The fourth-order valence-electron chi connectivity index (χ4n) is 7.32. The maximum absolute atomic E-state index is 7.16. The van der Waals surface area contributed by atoms with E-state index in [0.29, 0.717) is 19.3 Å². The Bertz CT molecular complexity index is 1280. The number of rotatable bonds is 17. The molecule has 2 atom stereocenters. The Labute approximate surface area is 297 Å². The Balaban J connectivity index is 1.71. The van der Waals surface area contributed by atoms with Crippen LogP contribution in [0.3, 0.4) is 0 Å². The summed E-state index contributed by atoms with van der Waals surface area (Å²) in [5.74, 6) is 0.328. The van der Waals surface area contributed by atoms with Crippen molar-refractivity contribution in [1.82, 2.24) is 0 Å². The van der Waals surface area contributed by atoms with Gasteiger partial charge < -0.3 is 18.3 Å². The van der Waals surface area contributed by atoms with Crippen molar-refractivity contribution in [3.63, 3.8) is 0 Å². The fraction of sp³-hybridized carbons (Fsp3) is 0.619. The lowest BCUT2D eigenvalue weighted by molar-refractivity contribution is -0.132. The molecular weight excluding hydrogens is 625 g/mol. The second-order valence-electron chi connectivity index (χ2n) is 17.4. The molecule has 3 rings (SSSR count). The fourth-order valence-corrected chi connectivity index (χ4v) is 12.9. The van der Waals surface area contributed by atoms with Crippen LogP contribution in [-0.2, 0) is 18.3 Å². The summed E-state index contributed by atoms with van der Waals surface area (Å²) >= 11 is 0. The maximum Gasteiger partial charge on any atom is 0.261 e. The third kappa shape index (κ3) is 9.70. The van der Waals surface area contributed by atoms with Gasteiger partial charge in [0.05, 0.1) is 12.2 Å². The molecule has 0 aliphatic heterocycles. The molecule has 0 aromatic heterocycles. The molecular formula is C42H68O4Si2. The molecule has 0 unspecified atom stereocenters. The van der Waals surface area contributed by atoms with Crippen LogP contribution in [0, 0.1) is 11.3 Å². The Morgan fingerprint density at radius 1 is 0.854 bits per heavy atom. The quantitative estimate of drug-likeness (QED) is 0.0716. The van der Waals surface area contributed by atoms with Gasteiger partial charge in [-0.25, -0.2) is 0 Å². The predicted molar refractivity (Wildman–Crippen MR) is 210 cm³/mol. The minimum absolute atomic E-state index is 0.0158. The van der Waals surface area contributed by atoms with E-state index in [9.17, 15) is 0 Å². The van der Waals surface area contributed by atoms with E-state index in [1.54, 1.807) is 7.11 Å². The predicted octanol–water partition coefficient (Wildman–Crippen LogP) is 10.4. The first-order chi connectivity index (χ1) is 22.3. The highest BCUT2D eigenvalue weighted by Gasteiger charge is 2.50. The third-order valence-corrected chi connectivity index (χ3v) is 21.0. The normalized spacial score (nSPS) is 20.4. The Morgan fingerprint density at radius 2 is 1.42 bits per heavy atom. The van der Waals surface area contributed by atoms with Crippen LogP contribution in [0.15, 0.2) is 84.5 Å². The van der Waals surface area contributed by atoms with E-state index < -0.39 is 16.6 Å². The van der Waals surface area contributed by atoms with Gasteiger partial charge in [-0.2, -0.15) is 0 Å². The van der Waals surface area contributed by atoms with Crippen LogP contribution in [0.25, 0.3) is 0 Å². The lowest BCUT2D eigenvalue weighted by atomic mass is 9.74. The zero-order chi connectivity index (χ0) is 35.9. The van der Waals surface area contributed by atoms with Gasteiger partial charge >= 0.3 is 0 Å². The van der Waals surface area contributed by atoms with Gasteiger partial charge in [0.1, 0.15) is 6.79 Å². The van der Waals surface area contributed by atoms with Gasteiger partial charge in [0.15, 0.2) is 8.32 Å². The van der Waals surface area contributed by atoms with Crippen molar-refractivity contribution in [2.24, 2.45) is 11.3 Å². The molecule has 0 N–H and O–H groups in total. The molecule has 1 aliphatic rings. The number of hydrogen-bond acceptors (Lipinski definition) is 4. The molecule has 1 saturated carbocycles. The van der Waals surface area contributed by atoms with Crippen molar-refractivity contribution in [2.45, 2.75) is 130 Å². The molecule has 0 heterocycles. The van der Waals surface area contributed by atoms with Gasteiger partial charge in [-0.3, -0.25) is 0 Å². The number of allylic oxidation sites excluding steroid dienone is 1. The van der Waals surface area contributed by atoms with Crippen LogP contribution in [0.1, 0.15) is 101 Å². The summed E-state index contributed by atoms with van der Waals surface area (Å²) in [6, 6.07) is 21.9. The minimum atomic E-state index is -2.52. The van der Waals surface area contributed by atoms with Crippen LogP contribution < -0.4 is 10.4 Å². The summed E-state index contributed by atoms with van der Waals surface area (Å²) in [6.07, 6.45) is 8.73. The van der Waals surface area contributed by atoms with Crippen molar-refractivity contribution in [1.29, 1.82) is 0 Å². The van der Waals surface area contributed by atoms with Crippen molar-refractivity contribution >= 4 is 27.0 Å². The standard InChI is InChI=1S/C42H68O4Si2/c1-34(21-20-31-46-48(40(5,6)7,35-22-16-14-17-23-35)36-24-18-15-19-25-36)26-29-42(10)30-27-37(41(8,9)44-33-43-11)38(42)28-32-45-47(12,13)39(2,3)4/h14-19,22-25,28,37H,1,20-21,26-27,29-33H2,2-13H3/b38-28+/t37-,42-/m1/s1. The average molecular weight is 693 g/mol. The van der Waals surface area contributed by atoms with E-state index in [-0.39, 0.29) is 21.1 Å². The van der Waals surface area contributed by atoms with E-state index in [1.807, 2.05) is 0 Å². The third-order valence-electron chi connectivity index (χ3n) is 11.4. The van der Waals surface area contributed by atoms with Crippen LogP contribution in [0.2, 0.25) is 23.2 Å². The van der Waals surface area contributed by atoms with Crippen molar-refractivity contribution in [3.05, 3.63) is 84.5 Å². The number of benzene rings is 2. The molecule has 6 heteroatoms. The highest BCUT2D eigenvalue weighted by atomic mass is 28.4. The van der Waals surface area contributed by atoms with Gasteiger partial charge in [-0.15, -0.1) is 0 Å². The maximum atomic E-state index is 7.16. The van der Waals surface area contributed by atoms with Crippen LogP contribution in [0.5, 0.6) is 0 Å². The van der Waals surface area contributed by atoms with Crippen molar-refractivity contribution < 1.29 is 18.3 Å². The Hall–Kier alpha value is -1.81. The largest absolute Gasteiger partial charge is 0.413 e. The van der Waals surface area contributed by atoms with E-state index in [2.05, 4.69) is 149 Å². The molecule has 4 nitrogen and oxygen atoms in total. The second kappa shape index (κ2) is 16.5. The van der Waals surface area contributed by atoms with E-state index in [1.165, 1.54) is 21.5 Å². The summed E-state index contributed by atoms with van der Waals surface area (Å²) in [7, 11) is -2.68. The molecule has 48 heavy (non-hydrogen) atoms. The van der Waals surface area contributed by atoms with Crippen LogP contribution in [0.4, 0.5) is 0 Å². The number of methoxy groups -OCH3 is 1. The number of ether oxygens (including phenoxy) is 2. The first kappa shape index (κ1) is 40.6. The zero-order valence-corrected chi connectivity index (χ0v) is 34.6. The van der Waals surface area contributed by atoms with Crippen LogP contribution in [-0.4, -0.2) is 49.4 Å². The topological polar surface area (TPSA) is 36.9 Å². The van der Waals surface area contributed by atoms with E-state index in [4.69, 9.17) is 18.3 Å². The monoisotopic (exact) mass is 692 g/mol. The molecule has 0 saturated heterocycles. The molecule has 2 aromatic rings. The van der Waals surface area contributed by atoms with E-state index in [0.717, 1.165) is 45.1 Å². The smallest absolute Gasteiger partial charge is 0.261 e. The SMILES string of the molecule is C=C(CCCO[Si](c1ccccc1)(c1ccccc1)C(C)(C)C)CC[C@]1(C)CC[C@@H](C(C)(C)OCOC)/C1=C\CO[Si](C)(C)C(C)(C)C. The first-order valence-electron chi connectivity index (χ1n) is 18.2. The van der Waals surface area contributed by atoms with Crippen LogP contribution >= 0.6 is 0 Å². The highest BCUT2D eigenvalue weighted by Crippen LogP contribution is 2.54. The van der Waals surface area contributed by atoms with E-state index >= 15 is 0 Å². The summed E-state index contributed by atoms with van der Waals surface area (Å²) in [4.78, 5) is 0. The second-order valence-corrected chi connectivity index (χ2v) is 26.5. The molecule has 2 aromatic carbocycles. The van der Waals surface area contributed by atoms with Crippen molar-refractivity contribution in [3.8, 4) is 0 Å². The van der Waals surface area contributed by atoms with Gasteiger partial charge in [-0.1, -0.05) is 133 Å². The molecule has 268 valence electrons. The Kier molecular flexibility index (Phi) is 13.9. The summed E-state index contributed by atoms with van der Waals surface area (Å²) in [5.41, 5.74) is 2.58. The number of hydrogen-bond donors (Lipinski definition) is 0. The highest BCUT2D eigenvalue weighted by molar-refractivity contribution is 6.99. The Morgan fingerprint density at radius 3 is 1.92 bits per heavy atom. The zero-order valence-electron chi connectivity index (χ0n) is 32.6. The summed E-state index contributed by atoms with van der Waals surface area (Å²) in [5, 5.41) is 2.84.